The van der Waals surface area contributed by atoms with Crippen molar-refractivity contribution in [2.75, 3.05) is 60.6 Å². The van der Waals surface area contributed by atoms with Gasteiger partial charge in [0.1, 0.15) is 59.0 Å². The Kier molecular flexibility index (Phi) is 16.7. The highest BCUT2D eigenvalue weighted by Crippen LogP contribution is 2.37. The number of aromatic nitrogens is 5. The Hall–Kier alpha value is -8.60. The molecule has 386 valence electrons. The zero-order valence-electron chi connectivity index (χ0n) is 42.4. The van der Waals surface area contributed by atoms with E-state index in [1.807, 2.05) is 101 Å². The van der Waals surface area contributed by atoms with E-state index in [2.05, 4.69) is 31.7 Å². The van der Waals surface area contributed by atoms with Crippen LogP contribution in [0.25, 0.3) is 45.8 Å². The van der Waals surface area contributed by atoms with E-state index in [4.69, 9.17) is 28.4 Å². The van der Waals surface area contributed by atoms with Crippen LogP contribution in [0.2, 0.25) is 0 Å². The number of piperidine rings is 3. The SMILES string of the molecule is C=CC(=O)N1CCC(Oc2ccc(/C=C/C(=O)N3CCC(Oc4ccc(/C=C/C(=O)N5CCC(Oc6cccc(-c7ncncc7OC)c6)CC5)c(-c5ccnnc5OC)c4)CC3)c(-c3ncccc3OC)c2)CC1. The van der Waals surface area contributed by atoms with E-state index in [-0.39, 0.29) is 36.0 Å². The summed E-state index contributed by atoms with van der Waals surface area (Å²) in [7, 11) is 4.73. The maximum Gasteiger partial charge on any atom is 0.246 e. The van der Waals surface area contributed by atoms with Crippen molar-refractivity contribution in [1.29, 1.82) is 0 Å². The molecule has 75 heavy (non-hydrogen) atoms. The maximum atomic E-state index is 13.7. The minimum atomic E-state index is -0.144. The molecule has 0 aliphatic carbocycles. The zero-order valence-corrected chi connectivity index (χ0v) is 42.4. The Morgan fingerprint density at radius 3 is 1.69 bits per heavy atom. The van der Waals surface area contributed by atoms with Gasteiger partial charge in [0.25, 0.3) is 0 Å². The second-order valence-corrected chi connectivity index (χ2v) is 18.3. The number of likely N-dealkylation sites (tertiary alicyclic amines) is 3. The third-order valence-corrected chi connectivity index (χ3v) is 13.6. The first-order chi connectivity index (χ1) is 36.7. The first kappa shape index (κ1) is 51.3. The number of rotatable bonds is 17. The number of ether oxygens (including phenoxy) is 6. The van der Waals surface area contributed by atoms with E-state index in [9.17, 15) is 14.4 Å². The molecule has 3 aromatic carbocycles. The van der Waals surface area contributed by atoms with Crippen molar-refractivity contribution in [2.45, 2.75) is 56.8 Å². The first-order valence-electron chi connectivity index (χ1n) is 25.1. The molecule has 3 amide bonds. The Morgan fingerprint density at radius 2 is 1.12 bits per heavy atom. The molecule has 17 heteroatoms. The quantitative estimate of drug-likeness (QED) is 0.0795. The molecule has 0 saturated carbocycles. The average molecular weight is 1010 g/mol. The molecule has 0 radical (unpaired) electrons. The number of hydrogen-bond acceptors (Lipinski definition) is 14. The monoisotopic (exact) mass is 1010 g/mol. The van der Waals surface area contributed by atoms with E-state index >= 15 is 0 Å². The molecule has 0 unspecified atom stereocenters. The van der Waals surface area contributed by atoms with Crippen LogP contribution < -0.4 is 28.4 Å². The topological polar surface area (TPSA) is 181 Å². The Bertz CT molecular complexity index is 3050. The number of benzene rings is 3. The summed E-state index contributed by atoms with van der Waals surface area (Å²) < 4.78 is 36.1. The van der Waals surface area contributed by atoms with Gasteiger partial charge in [-0.1, -0.05) is 30.8 Å². The van der Waals surface area contributed by atoms with Gasteiger partial charge in [0.05, 0.1) is 33.7 Å². The maximum absolute atomic E-state index is 13.7. The van der Waals surface area contributed by atoms with Gasteiger partial charge in [-0.2, -0.15) is 5.10 Å². The van der Waals surface area contributed by atoms with Crippen molar-refractivity contribution in [3.05, 3.63) is 140 Å². The minimum absolute atomic E-state index is 0.0533. The number of pyridine rings is 1. The summed E-state index contributed by atoms with van der Waals surface area (Å²) in [4.78, 5) is 58.0. The summed E-state index contributed by atoms with van der Waals surface area (Å²) in [6.07, 6.45) is 18.4. The van der Waals surface area contributed by atoms with Crippen molar-refractivity contribution < 1.29 is 42.8 Å². The molecule has 0 spiro atoms. The number of nitrogens with zero attached hydrogens (tertiary/aromatic N) is 8. The lowest BCUT2D eigenvalue weighted by atomic mass is 9.99. The molecule has 3 aromatic heterocycles. The van der Waals surface area contributed by atoms with Gasteiger partial charge in [-0.25, -0.2) is 9.97 Å². The summed E-state index contributed by atoms with van der Waals surface area (Å²) in [5.41, 5.74) is 5.95. The number of carbonyl (C=O) groups excluding carboxylic acids is 3. The minimum Gasteiger partial charge on any atom is -0.494 e. The number of amides is 3. The average Bonchev–Trinajstić information content (AvgIpc) is 3.46. The van der Waals surface area contributed by atoms with Gasteiger partial charge in [0.2, 0.25) is 23.6 Å². The van der Waals surface area contributed by atoms with Gasteiger partial charge < -0.3 is 43.1 Å². The summed E-state index contributed by atoms with van der Waals surface area (Å²) in [5, 5.41) is 8.23. The first-order valence-corrected chi connectivity index (χ1v) is 25.1. The van der Waals surface area contributed by atoms with E-state index in [1.54, 1.807) is 57.0 Å². The molecule has 0 atom stereocenters. The molecular weight excluding hydrogens is 953 g/mol. The Balaban J connectivity index is 0.817. The van der Waals surface area contributed by atoms with Gasteiger partial charge in [0.15, 0.2) is 5.75 Å². The smallest absolute Gasteiger partial charge is 0.246 e. The largest absolute Gasteiger partial charge is 0.494 e. The van der Waals surface area contributed by atoms with Gasteiger partial charge in [0, 0.05) is 113 Å². The predicted molar refractivity (Wildman–Crippen MR) is 283 cm³/mol. The van der Waals surface area contributed by atoms with Crippen LogP contribution >= 0.6 is 0 Å². The van der Waals surface area contributed by atoms with Crippen molar-refractivity contribution in [2.24, 2.45) is 0 Å². The van der Waals surface area contributed by atoms with Crippen molar-refractivity contribution in [3.63, 3.8) is 0 Å². The number of methoxy groups -OCH3 is 3. The number of carbonyl (C=O) groups is 3. The van der Waals surface area contributed by atoms with Gasteiger partial charge >= 0.3 is 0 Å². The van der Waals surface area contributed by atoms with Gasteiger partial charge in [-0.3, -0.25) is 19.4 Å². The third-order valence-electron chi connectivity index (χ3n) is 13.6. The summed E-state index contributed by atoms with van der Waals surface area (Å²) in [5.74, 6) is 3.25. The molecule has 17 nitrogen and oxygen atoms in total. The van der Waals surface area contributed by atoms with E-state index < -0.39 is 0 Å². The van der Waals surface area contributed by atoms with Crippen LogP contribution in [0.3, 0.4) is 0 Å². The predicted octanol–water partition coefficient (Wildman–Crippen LogP) is 8.41. The van der Waals surface area contributed by atoms with Crippen molar-refractivity contribution in [3.8, 4) is 68.3 Å². The Morgan fingerprint density at radius 1 is 0.560 bits per heavy atom. The molecule has 9 rings (SSSR count). The summed E-state index contributed by atoms with van der Waals surface area (Å²) in [6.45, 7) is 6.91. The standard InChI is InChI=1S/C58H60N8O9/c1-5-53(67)64-28-20-43(21-29-64)75-47-16-12-40(50(36-47)57-51(70-2)10-7-26-60-57)14-18-55(69)66-32-24-44(25-33-66)74-46-15-11-39(49(35-46)48-19-27-62-63-58(48)72-4)13-17-54(68)65-30-22-42(23-31-65)73-45-9-6-8-41(34-45)56-52(71-3)37-59-38-61-56/h5-19,26-27,34-38,42-44H,1,20-25,28-33H2,2-4H3/b17-13+,18-14+. The van der Waals surface area contributed by atoms with Crippen LogP contribution in [0, 0.1) is 0 Å². The summed E-state index contributed by atoms with van der Waals surface area (Å²) >= 11 is 0. The Labute approximate surface area is 436 Å². The lowest BCUT2D eigenvalue weighted by molar-refractivity contribution is -0.128. The van der Waals surface area contributed by atoms with Crippen LogP contribution in [0.4, 0.5) is 0 Å². The highest BCUT2D eigenvalue weighted by Gasteiger charge is 2.27. The van der Waals surface area contributed by atoms with Crippen LogP contribution in [-0.4, -0.2) is 136 Å². The molecule has 3 saturated heterocycles. The third kappa shape index (κ3) is 12.6. The molecule has 6 aromatic rings. The lowest BCUT2D eigenvalue weighted by Crippen LogP contribution is -2.41. The fraction of sp³-hybridized carbons (Fsp3) is 0.310. The van der Waals surface area contributed by atoms with Crippen LogP contribution in [0.1, 0.15) is 49.7 Å². The highest BCUT2D eigenvalue weighted by atomic mass is 16.5. The van der Waals surface area contributed by atoms with Crippen molar-refractivity contribution in [1.82, 2.24) is 39.8 Å². The van der Waals surface area contributed by atoms with E-state index in [0.29, 0.717) is 124 Å². The van der Waals surface area contributed by atoms with Gasteiger partial charge in [-0.05, 0) is 89.5 Å². The van der Waals surface area contributed by atoms with Crippen LogP contribution in [0.15, 0.2) is 129 Å². The molecular formula is C58H60N8O9. The fourth-order valence-corrected chi connectivity index (χ4v) is 9.60. The fourth-order valence-electron chi connectivity index (χ4n) is 9.60. The van der Waals surface area contributed by atoms with Crippen LogP contribution in [0.5, 0.6) is 34.6 Å². The van der Waals surface area contributed by atoms with Crippen LogP contribution in [-0.2, 0) is 14.4 Å². The molecule has 0 bridgehead atoms. The van der Waals surface area contributed by atoms with Crippen molar-refractivity contribution >= 4 is 29.9 Å². The molecule has 6 heterocycles. The molecule has 3 aliphatic rings. The highest BCUT2D eigenvalue weighted by molar-refractivity contribution is 5.94. The van der Waals surface area contributed by atoms with E-state index in [0.717, 1.165) is 33.6 Å². The van der Waals surface area contributed by atoms with Gasteiger partial charge in [-0.15, -0.1) is 5.10 Å². The molecule has 3 fully saturated rings. The van der Waals surface area contributed by atoms with E-state index in [1.165, 1.54) is 12.4 Å². The normalized spacial score (nSPS) is 15.7. The second-order valence-electron chi connectivity index (χ2n) is 18.3. The lowest BCUT2D eigenvalue weighted by Gasteiger charge is -2.32. The molecule has 3 aliphatic heterocycles. The zero-order chi connectivity index (χ0) is 52.1. The summed E-state index contributed by atoms with van der Waals surface area (Å²) in [6, 6.07) is 24.7. The molecule has 0 N–H and O–H groups in total. The number of hydrogen-bond donors (Lipinski definition) is 0. The second kappa shape index (κ2) is 24.4.